The topological polar surface area (TPSA) is 70.6 Å². The maximum atomic E-state index is 9.03. The Balaban J connectivity index is 2.17. The summed E-state index contributed by atoms with van der Waals surface area (Å²) in [5, 5.41) is 12.1. The monoisotopic (exact) mass is 185 g/mol. The second kappa shape index (κ2) is 4.46. The predicted molar refractivity (Wildman–Crippen MR) is 53.5 cm³/mol. The van der Waals surface area contributed by atoms with Crippen molar-refractivity contribution in [1.82, 2.24) is 5.32 Å². The van der Waals surface area contributed by atoms with Gasteiger partial charge in [-0.2, -0.15) is 0 Å². The van der Waals surface area contributed by atoms with E-state index in [-0.39, 0.29) is 6.10 Å². The van der Waals surface area contributed by atoms with Crippen LogP contribution in [0.3, 0.4) is 0 Å². The quantitative estimate of drug-likeness (QED) is 0.430. The van der Waals surface area contributed by atoms with Crippen molar-refractivity contribution in [3.63, 3.8) is 0 Å². The Hall–Kier alpha value is -0.770. The Morgan fingerprint density at radius 1 is 1.62 bits per heavy atom. The Labute approximate surface area is 79.2 Å². The molecule has 0 aromatic carbocycles. The fraction of sp³-hybridized carbons (Fsp3) is 0.889. The van der Waals surface area contributed by atoms with Crippen LogP contribution in [-0.2, 0) is 0 Å². The molecule has 4 heteroatoms. The number of aliphatic hydroxyl groups is 1. The molecule has 76 valence electrons. The van der Waals surface area contributed by atoms with Crippen LogP contribution in [0.25, 0.3) is 0 Å². The summed E-state index contributed by atoms with van der Waals surface area (Å²) in [6, 6.07) is 0.325. The molecule has 13 heavy (non-hydrogen) atoms. The molecule has 1 rings (SSSR count). The first-order valence-corrected chi connectivity index (χ1v) is 4.82. The van der Waals surface area contributed by atoms with E-state index in [1.54, 1.807) is 0 Å². The SMILES string of the molecule is CC(C)CN=C(N)NC1CC(O)C1. The average Bonchev–Trinajstić information content (AvgIpc) is 1.98. The third kappa shape index (κ3) is 3.63. The normalized spacial score (nSPS) is 28.8. The predicted octanol–water partition coefficient (Wildman–Crippen LogP) is 0.0700. The summed E-state index contributed by atoms with van der Waals surface area (Å²) >= 11 is 0. The number of aliphatic imine (C=N–C) groups is 1. The Bertz CT molecular complexity index is 185. The van der Waals surface area contributed by atoms with Gasteiger partial charge in [0.05, 0.1) is 6.10 Å². The van der Waals surface area contributed by atoms with E-state index in [2.05, 4.69) is 24.2 Å². The lowest BCUT2D eigenvalue weighted by molar-refractivity contribution is 0.0697. The number of aliphatic hydroxyl groups excluding tert-OH is 1. The molecule has 0 bridgehead atoms. The van der Waals surface area contributed by atoms with E-state index in [1.807, 2.05) is 0 Å². The van der Waals surface area contributed by atoms with Crippen LogP contribution < -0.4 is 11.1 Å². The molecule has 0 atom stereocenters. The third-order valence-corrected chi connectivity index (χ3v) is 2.09. The molecule has 0 aliphatic heterocycles. The standard InChI is InChI=1S/C9H19N3O/c1-6(2)5-11-9(10)12-7-3-8(13)4-7/h6-8,13H,3-5H2,1-2H3,(H3,10,11,12). The first-order chi connectivity index (χ1) is 6.08. The zero-order valence-corrected chi connectivity index (χ0v) is 8.33. The van der Waals surface area contributed by atoms with Gasteiger partial charge in [0.15, 0.2) is 5.96 Å². The molecular weight excluding hydrogens is 166 g/mol. The first-order valence-electron chi connectivity index (χ1n) is 4.82. The van der Waals surface area contributed by atoms with Gasteiger partial charge in [-0.1, -0.05) is 13.8 Å². The maximum absolute atomic E-state index is 9.03. The summed E-state index contributed by atoms with van der Waals surface area (Å²) in [5.41, 5.74) is 5.64. The second-order valence-corrected chi connectivity index (χ2v) is 4.09. The highest BCUT2D eigenvalue weighted by atomic mass is 16.3. The molecule has 0 radical (unpaired) electrons. The van der Waals surface area contributed by atoms with Crippen molar-refractivity contribution >= 4 is 5.96 Å². The van der Waals surface area contributed by atoms with Gasteiger partial charge >= 0.3 is 0 Å². The van der Waals surface area contributed by atoms with Crippen LogP contribution in [0.15, 0.2) is 4.99 Å². The summed E-state index contributed by atoms with van der Waals surface area (Å²) in [7, 11) is 0. The van der Waals surface area contributed by atoms with Crippen LogP contribution in [0.1, 0.15) is 26.7 Å². The highest BCUT2D eigenvalue weighted by Crippen LogP contribution is 2.18. The van der Waals surface area contributed by atoms with E-state index < -0.39 is 0 Å². The number of hydrogen-bond donors (Lipinski definition) is 3. The fourth-order valence-corrected chi connectivity index (χ4v) is 1.24. The molecule has 0 spiro atoms. The summed E-state index contributed by atoms with van der Waals surface area (Å²) in [6.07, 6.45) is 1.44. The van der Waals surface area contributed by atoms with Gasteiger partial charge in [-0.05, 0) is 18.8 Å². The van der Waals surface area contributed by atoms with Gasteiger partial charge in [0.2, 0.25) is 0 Å². The number of nitrogens with two attached hydrogens (primary N) is 1. The van der Waals surface area contributed by atoms with E-state index in [9.17, 15) is 0 Å². The van der Waals surface area contributed by atoms with Crippen molar-refractivity contribution in [2.24, 2.45) is 16.6 Å². The molecule has 4 nitrogen and oxygen atoms in total. The van der Waals surface area contributed by atoms with Crippen LogP contribution in [0, 0.1) is 5.92 Å². The second-order valence-electron chi connectivity index (χ2n) is 4.09. The smallest absolute Gasteiger partial charge is 0.188 e. The van der Waals surface area contributed by atoms with Gasteiger partial charge in [-0.15, -0.1) is 0 Å². The van der Waals surface area contributed by atoms with Crippen molar-refractivity contribution in [2.45, 2.75) is 38.8 Å². The molecule has 0 heterocycles. The van der Waals surface area contributed by atoms with Crippen LogP contribution in [-0.4, -0.2) is 29.8 Å². The van der Waals surface area contributed by atoms with Crippen LogP contribution in [0.2, 0.25) is 0 Å². The van der Waals surface area contributed by atoms with Gasteiger partial charge < -0.3 is 16.2 Å². The summed E-state index contributed by atoms with van der Waals surface area (Å²) < 4.78 is 0. The lowest BCUT2D eigenvalue weighted by atomic mass is 9.90. The number of nitrogens with one attached hydrogen (secondary N) is 1. The van der Waals surface area contributed by atoms with Gasteiger partial charge in [0.1, 0.15) is 0 Å². The molecule has 1 saturated carbocycles. The Morgan fingerprint density at radius 3 is 2.69 bits per heavy atom. The fourth-order valence-electron chi connectivity index (χ4n) is 1.24. The van der Waals surface area contributed by atoms with E-state index in [0.29, 0.717) is 17.9 Å². The molecule has 1 aliphatic carbocycles. The van der Waals surface area contributed by atoms with Crippen LogP contribution >= 0.6 is 0 Å². The minimum Gasteiger partial charge on any atom is -0.393 e. The van der Waals surface area contributed by atoms with E-state index in [0.717, 1.165) is 19.4 Å². The zero-order valence-electron chi connectivity index (χ0n) is 8.33. The van der Waals surface area contributed by atoms with E-state index in [4.69, 9.17) is 10.8 Å². The molecule has 1 aliphatic rings. The van der Waals surface area contributed by atoms with Crippen molar-refractivity contribution in [3.8, 4) is 0 Å². The molecule has 0 aromatic heterocycles. The van der Waals surface area contributed by atoms with E-state index in [1.165, 1.54) is 0 Å². The van der Waals surface area contributed by atoms with Crippen LogP contribution in [0.5, 0.6) is 0 Å². The van der Waals surface area contributed by atoms with Crippen molar-refractivity contribution in [3.05, 3.63) is 0 Å². The largest absolute Gasteiger partial charge is 0.393 e. The molecular formula is C9H19N3O. The van der Waals surface area contributed by atoms with Gasteiger partial charge in [0.25, 0.3) is 0 Å². The van der Waals surface area contributed by atoms with E-state index >= 15 is 0 Å². The lowest BCUT2D eigenvalue weighted by Crippen LogP contribution is -2.49. The van der Waals surface area contributed by atoms with Crippen molar-refractivity contribution in [1.29, 1.82) is 0 Å². The maximum Gasteiger partial charge on any atom is 0.188 e. The average molecular weight is 185 g/mol. The molecule has 0 amide bonds. The molecule has 1 fully saturated rings. The first kappa shape index (κ1) is 10.3. The molecule has 4 N–H and O–H groups in total. The van der Waals surface area contributed by atoms with Gasteiger partial charge in [-0.25, -0.2) is 0 Å². The Kier molecular flexibility index (Phi) is 3.54. The van der Waals surface area contributed by atoms with Gasteiger partial charge in [-0.3, -0.25) is 4.99 Å². The minimum absolute atomic E-state index is 0.143. The zero-order chi connectivity index (χ0) is 9.84. The summed E-state index contributed by atoms with van der Waals surface area (Å²) in [6.45, 7) is 4.96. The van der Waals surface area contributed by atoms with Crippen LogP contribution in [0.4, 0.5) is 0 Å². The molecule has 0 unspecified atom stereocenters. The highest BCUT2D eigenvalue weighted by Gasteiger charge is 2.27. The minimum atomic E-state index is -0.143. The van der Waals surface area contributed by atoms with Gasteiger partial charge in [0, 0.05) is 12.6 Å². The number of hydrogen-bond acceptors (Lipinski definition) is 2. The van der Waals surface area contributed by atoms with Crippen molar-refractivity contribution in [2.75, 3.05) is 6.54 Å². The third-order valence-electron chi connectivity index (χ3n) is 2.09. The molecule has 0 aromatic rings. The lowest BCUT2D eigenvalue weighted by Gasteiger charge is -2.32. The number of guanidine groups is 1. The summed E-state index contributed by atoms with van der Waals surface area (Å²) in [5.74, 6) is 1.04. The summed E-state index contributed by atoms with van der Waals surface area (Å²) in [4.78, 5) is 4.17. The number of rotatable bonds is 3. The number of nitrogens with zero attached hydrogens (tertiary/aromatic N) is 1. The molecule has 0 saturated heterocycles. The van der Waals surface area contributed by atoms with Crippen molar-refractivity contribution < 1.29 is 5.11 Å². The Morgan fingerprint density at radius 2 is 2.23 bits per heavy atom. The highest BCUT2D eigenvalue weighted by molar-refractivity contribution is 5.78.